The van der Waals surface area contributed by atoms with Gasteiger partial charge in [0.25, 0.3) is 0 Å². The Morgan fingerprint density at radius 1 is 1.50 bits per heavy atom. The molecule has 0 radical (unpaired) electrons. The van der Waals surface area contributed by atoms with Crippen molar-refractivity contribution in [3.05, 3.63) is 22.7 Å². The van der Waals surface area contributed by atoms with Gasteiger partial charge >= 0.3 is 5.97 Å². The van der Waals surface area contributed by atoms with Crippen LogP contribution in [0.5, 0.6) is 11.5 Å². The van der Waals surface area contributed by atoms with Crippen LogP contribution in [0.1, 0.15) is 18.4 Å². The molecule has 1 aromatic rings. The number of hydrogen-bond donors (Lipinski definition) is 2. The lowest BCUT2D eigenvalue weighted by Crippen LogP contribution is -2.19. The Morgan fingerprint density at radius 2 is 2.12 bits per heavy atom. The Balaban J connectivity index is 2.52. The highest BCUT2D eigenvalue weighted by molar-refractivity contribution is 6.33. The van der Waals surface area contributed by atoms with Crippen LogP contribution >= 0.6 is 11.6 Å². The topological polar surface area (TPSA) is 66.8 Å². The molecule has 0 unspecified atom stereocenters. The summed E-state index contributed by atoms with van der Waals surface area (Å²) in [5.74, 6) is -0.783. The van der Waals surface area contributed by atoms with Crippen LogP contribution in [0.15, 0.2) is 12.1 Å². The fraction of sp³-hybridized carbons (Fsp3) is 0.364. The van der Waals surface area contributed by atoms with Crippen LogP contribution in [0.3, 0.4) is 0 Å². The Bertz CT molecular complexity index is 452. The van der Waals surface area contributed by atoms with E-state index in [-0.39, 0.29) is 10.8 Å². The van der Waals surface area contributed by atoms with Crippen molar-refractivity contribution in [2.45, 2.75) is 18.3 Å². The zero-order valence-corrected chi connectivity index (χ0v) is 9.41. The van der Waals surface area contributed by atoms with Gasteiger partial charge in [0.2, 0.25) is 0 Å². The van der Waals surface area contributed by atoms with E-state index in [1.165, 1.54) is 7.11 Å². The van der Waals surface area contributed by atoms with Crippen LogP contribution in [0.25, 0.3) is 0 Å². The fourth-order valence-corrected chi connectivity index (χ4v) is 2.06. The molecule has 1 aromatic carbocycles. The quantitative estimate of drug-likeness (QED) is 0.853. The van der Waals surface area contributed by atoms with Crippen LogP contribution in [0, 0.1) is 0 Å². The summed E-state index contributed by atoms with van der Waals surface area (Å²) in [7, 11) is 1.43. The summed E-state index contributed by atoms with van der Waals surface area (Å²) in [5, 5.41) is 19.0. The molecular weight excluding hydrogens is 232 g/mol. The number of ether oxygens (including phenoxy) is 1. The van der Waals surface area contributed by atoms with Gasteiger partial charge in [-0.25, -0.2) is 0 Å². The lowest BCUT2D eigenvalue weighted by Gasteiger charge is -2.14. The highest BCUT2D eigenvalue weighted by Gasteiger charge is 2.53. The van der Waals surface area contributed by atoms with Crippen molar-refractivity contribution < 1.29 is 19.7 Å². The van der Waals surface area contributed by atoms with Gasteiger partial charge in [-0.15, -0.1) is 0 Å². The maximum Gasteiger partial charge on any atom is 0.314 e. The van der Waals surface area contributed by atoms with Crippen molar-refractivity contribution in [3.8, 4) is 11.5 Å². The molecule has 0 amide bonds. The van der Waals surface area contributed by atoms with Gasteiger partial charge < -0.3 is 14.9 Å². The van der Waals surface area contributed by atoms with Gasteiger partial charge in [0.1, 0.15) is 16.5 Å². The Labute approximate surface area is 97.4 Å². The van der Waals surface area contributed by atoms with Crippen molar-refractivity contribution in [3.63, 3.8) is 0 Å². The van der Waals surface area contributed by atoms with Crippen LogP contribution in [0.4, 0.5) is 0 Å². The maximum atomic E-state index is 11.1. The van der Waals surface area contributed by atoms with E-state index < -0.39 is 11.4 Å². The van der Waals surface area contributed by atoms with Gasteiger partial charge in [0, 0.05) is 5.56 Å². The van der Waals surface area contributed by atoms with Gasteiger partial charge in [0.05, 0.1) is 12.5 Å². The molecule has 0 aromatic heterocycles. The first kappa shape index (κ1) is 11.1. The maximum absolute atomic E-state index is 11.1. The van der Waals surface area contributed by atoms with Crippen LogP contribution in [0.2, 0.25) is 5.02 Å². The minimum absolute atomic E-state index is 0.0625. The second-order valence-corrected chi connectivity index (χ2v) is 4.24. The molecule has 0 atom stereocenters. The summed E-state index contributed by atoms with van der Waals surface area (Å²) in [5.41, 5.74) is -0.592. The van der Waals surface area contributed by atoms with Crippen LogP contribution in [-0.4, -0.2) is 23.3 Å². The predicted molar refractivity (Wildman–Crippen MR) is 58.2 cm³/mol. The normalized spacial score (nSPS) is 16.9. The van der Waals surface area contributed by atoms with E-state index >= 15 is 0 Å². The summed E-state index contributed by atoms with van der Waals surface area (Å²) in [6, 6.07) is 3.13. The third-order valence-electron chi connectivity index (χ3n) is 2.98. The van der Waals surface area contributed by atoms with E-state index in [2.05, 4.69) is 0 Å². The fourth-order valence-electron chi connectivity index (χ4n) is 1.81. The minimum Gasteiger partial charge on any atom is -0.506 e. The summed E-state index contributed by atoms with van der Waals surface area (Å²) in [6.45, 7) is 0. The third kappa shape index (κ3) is 1.41. The smallest absolute Gasteiger partial charge is 0.314 e. The monoisotopic (exact) mass is 242 g/mol. The molecule has 1 aliphatic carbocycles. The van der Waals surface area contributed by atoms with Crippen molar-refractivity contribution in [1.29, 1.82) is 0 Å². The molecule has 0 aliphatic heterocycles. The Kier molecular flexibility index (Phi) is 2.46. The van der Waals surface area contributed by atoms with Gasteiger partial charge in [-0.2, -0.15) is 0 Å². The molecule has 1 aliphatic rings. The standard InChI is InChI=1S/C11H11ClO4/c1-16-7-3-2-6(9(13)8(7)12)11(4-5-11)10(14)15/h2-3,13H,4-5H2,1H3,(H,14,15). The number of phenolic OH excluding ortho intramolecular Hbond substituents is 1. The van der Waals surface area contributed by atoms with Crippen molar-refractivity contribution in [1.82, 2.24) is 0 Å². The number of carboxylic acid groups (broad SMARTS) is 1. The summed E-state index contributed by atoms with van der Waals surface area (Å²) in [6.07, 6.45) is 1.05. The number of rotatable bonds is 3. The minimum atomic E-state index is -0.958. The van der Waals surface area contributed by atoms with Crippen molar-refractivity contribution >= 4 is 17.6 Å². The Morgan fingerprint density at radius 3 is 2.56 bits per heavy atom. The van der Waals surface area contributed by atoms with E-state index in [1.807, 2.05) is 0 Å². The largest absolute Gasteiger partial charge is 0.506 e. The van der Waals surface area contributed by atoms with E-state index in [4.69, 9.17) is 21.4 Å². The lowest BCUT2D eigenvalue weighted by molar-refractivity contribution is -0.140. The van der Waals surface area contributed by atoms with Crippen LogP contribution in [-0.2, 0) is 10.2 Å². The zero-order valence-electron chi connectivity index (χ0n) is 8.66. The highest BCUT2D eigenvalue weighted by atomic mass is 35.5. The molecule has 1 fully saturated rings. The SMILES string of the molecule is COc1ccc(C2(C(=O)O)CC2)c(O)c1Cl. The van der Waals surface area contributed by atoms with Gasteiger partial charge in [0.15, 0.2) is 0 Å². The summed E-state index contributed by atoms with van der Waals surface area (Å²) >= 11 is 5.87. The molecule has 86 valence electrons. The lowest BCUT2D eigenvalue weighted by atomic mass is 9.95. The molecular formula is C11H11ClO4. The number of aliphatic carboxylic acids is 1. The van der Waals surface area contributed by atoms with Crippen molar-refractivity contribution in [2.75, 3.05) is 7.11 Å². The molecule has 2 N–H and O–H groups in total. The average Bonchev–Trinajstić information content (AvgIpc) is 3.03. The molecule has 5 heteroatoms. The molecule has 0 spiro atoms. The number of phenols is 1. The number of carbonyl (C=O) groups is 1. The van der Waals surface area contributed by atoms with Crippen LogP contribution < -0.4 is 4.74 Å². The van der Waals surface area contributed by atoms with Gasteiger partial charge in [-0.1, -0.05) is 17.7 Å². The molecule has 4 nitrogen and oxygen atoms in total. The van der Waals surface area contributed by atoms with Gasteiger partial charge in [-0.3, -0.25) is 4.79 Å². The van der Waals surface area contributed by atoms with E-state index in [1.54, 1.807) is 12.1 Å². The number of carboxylic acids is 1. The first-order chi connectivity index (χ1) is 7.53. The number of benzene rings is 1. The number of methoxy groups -OCH3 is 1. The number of hydrogen-bond acceptors (Lipinski definition) is 3. The average molecular weight is 243 g/mol. The molecule has 2 rings (SSSR count). The molecule has 0 bridgehead atoms. The first-order valence-corrected chi connectivity index (χ1v) is 5.20. The van der Waals surface area contributed by atoms with E-state index in [9.17, 15) is 9.90 Å². The summed E-state index contributed by atoms with van der Waals surface area (Å²) in [4.78, 5) is 11.1. The number of halogens is 1. The zero-order chi connectivity index (χ0) is 11.9. The number of aromatic hydroxyl groups is 1. The third-order valence-corrected chi connectivity index (χ3v) is 3.34. The predicted octanol–water partition coefficient (Wildman–Crippen LogP) is 2.17. The summed E-state index contributed by atoms with van der Waals surface area (Å²) < 4.78 is 4.93. The van der Waals surface area contributed by atoms with E-state index in [0.29, 0.717) is 24.2 Å². The Hall–Kier alpha value is -1.42. The molecule has 0 heterocycles. The molecule has 0 saturated heterocycles. The second-order valence-electron chi connectivity index (χ2n) is 3.87. The van der Waals surface area contributed by atoms with E-state index in [0.717, 1.165) is 0 Å². The molecule has 16 heavy (non-hydrogen) atoms. The van der Waals surface area contributed by atoms with Crippen molar-refractivity contribution in [2.24, 2.45) is 0 Å². The first-order valence-electron chi connectivity index (χ1n) is 4.82. The highest BCUT2D eigenvalue weighted by Crippen LogP contribution is 2.53. The second kappa shape index (κ2) is 3.56. The van der Waals surface area contributed by atoms with Gasteiger partial charge in [-0.05, 0) is 18.9 Å². The molecule has 1 saturated carbocycles.